The molecule has 2 unspecified atom stereocenters. The van der Waals surface area contributed by atoms with E-state index < -0.39 is 0 Å². The molecule has 26 heavy (non-hydrogen) atoms. The first-order valence-electron chi connectivity index (χ1n) is 10.6. The summed E-state index contributed by atoms with van der Waals surface area (Å²) in [5, 5.41) is 0. The van der Waals surface area contributed by atoms with Gasteiger partial charge in [-0.2, -0.15) is 0 Å². The molecule has 4 fully saturated rings. The SMILES string of the molecule is CN(Cc1cnc(N2C3CCC2CN(C)C3)nc1)CC1CC2(CCC2)C1. The number of fused-ring (bicyclic) bond motifs is 2. The Labute approximate surface area is 157 Å². The molecule has 2 aliphatic carbocycles. The Morgan fingerprint density at radius 3 is 2.35 bits per heavy atom. The Bertz CT molecular complexity index is 618. The molecule has 2 aliphatic heterocycles. The summed E-state index contributed by atoms with van der Waals surface area (Å²) in [5.41, 5.74) is 2.04. The van der Waals surface area contributed by atoms with E-state index in [0.29, 0.717) is 12.1 Å². The maximum absolute atomic E-state index is 4.75. The van der Waals surface area contributed by atoms with Gasteiger partial charge in [0.2, 0.25) is 5.95 Å². The fraction of sp³-hybridized carbons (Fsp3) is 0.810. The molecule has 2 atom stereocenters. The Kier molecular flexibility index (Phi) is 4.20. The van der Waals surface area contributed by atoms with Gasteiger partial charge in [0.25, 0.3) is 0 Å². The number of rotatable bonds is 5. The number of likely N-dealkylation sites (tertiary alicyclic amines) is 1. The second kappa shape index (κ2) is 6.45. The van der Waals surface area contributed by atoms with Crippen LogP contribution in [0.25, 0.3) is 0 Å². The van der Waals surface area contributed by atoms with E-state index in [0.717, 1.165) is 36.9 Å². The van der Waals surface area contributed by atoms with Gasteiger partial charge in [-0.15, -0.1) is 0 Å². The molecule has 5 heteroatoms. The van der Waals surface area contributed by atoms with Crippen LogP contribution in [-0.2, 0) is 6.54 Å². The summed E-state index contributed by atoms with van der Waals surface area (Å²) in [5.74, 6) is 1.87. The van der Waals surface area contributed by atoms with Crippen LogP contribution >= 0.6 is 0 Å². The minimum absolute atomic E-state index is 0.602. The molecule has 0 radical (unpaired) electrons. The lowest BCUT2D eigenvalue weighted by Gasteiger charge is -2.55. The standard InChI is InChI=1S/C21H33N5/c1-24(12-16-8-21(9-16)6-3-7-21)13-17-10-22-20(23-11-17)26-18-4-5-19(26)15-25(2)14-18/h10-11,16,18-19H,3-9,12-15H2,1-2H3. The van der Waals surface area contributed by atoms with Gasteiger partial charge in [-0.1, -0.05) is 6.42 Å². The molecule has 1 aromatic heterocycles. The number of hydrogen-bond acceptors (Lipinski definition) is 5. The van der Waals surface area contributed by atoms with Crippen molar-refractivity contribution in [2.75, 3.05) is 38.6 Å². The van der Waals surface area contributed by atoms with Crippen LogP contribution in [0.15, 0.2) is 12.4 Å². The summed E-state index contributed by atoms with van der Waals surface area (Å²) < 4.78 is 0. The van der Waals surface area contributed by atoms with E-state index >= 15 is 0 Å². The summed E-state index contributed by atoms with van der Waals surface area (Å²) in [6, 6.07) is 1.20. The van der Waals surface area contributed by atoms with E-state index in [-0.39, 0.29) is 0 Å². The largest absolute Gasteiger partial charge is 0.332 e. The molecule has 0 amide bonds. The average molecular weight is 356 g/mol. The van der Waals surface area contributed by atoms with E-state index in [1.165, 1.54) is 57.1 Å². The van der Waals surface area contributed by atoms with Gasteiger partial charge in [0.05, 0.1) is 0 Å². The van der Waals surface area contributed by atoms with Crippen LogP contribution in [0, 0.1) is 11.3 Å². The number of aromatic nitrogens is 2. The highest BCUT2D eigenvalue weighted by Gasteiger charge is 2.47. The summed E-state index contributed by atoms with van der Waals surface area (Å²) in [7, 11) is 4.48. The fourth-order valence-electron chi connectivity index (χ4n) is 6.20. The molecule has 5 nitrogen and oxygen atoms in total. The van der Waals surface area contributed by atoms with Crippen molar-refractivity contribution in [1.29, 1.82) is 0 Å². The molecule has 1 spiro atoms. The smallest absolute Gasteiger partial charge is 0.225 e. The first-order chi connectivity index (χ1) is 12.6. The van der Waals surface area contributed by atoms with Gasteiger partial charge in [0, 0.05) is 56.2 Å². The Morgan fingerprint density at radius 1 is 1.12 bits per heavy atom. The Hall–Kier alpha value is -1.20. The van der Waals surface area contributed by atoms with Crippen molar-refractivity contribution >= 4 is 5.95 Å². The first-order valence-corrected chi connectivity index (χ1v) is 10.6. The predicted molar refractivity (Wildman–Crippen MR) is 104 cm³/mol. The third-order valence-electron chi connectivity index (χ3n) is 7.47. The summed E-state index contributed by atoms with van der Waals surface area (Å²) in [4.78, 5) is 16.9. The monoisotopic (exact) mass is 355 g/mol. The van der Waals surface area contributed by atoms with Crippen molar-refractivity contribution in [2.45, 2.75) is 63.6 Å². The van der Waals surface area contributed by atoms with Crippen molar-refractivity contribution in [2.24, 2.45) is 11.3 Å². The van der Waals surface area contributed by atoms with Crippen molar-refractivity contribution in [3.05, 3.63) is 18.0 Å². The molecule has 142 valence electrons. The van der Waals surface area contributed by atoms with Crippen molar-refractivity contribution in [3.63, 3.8) is 0 Å². The quantitative estimate of drug-likeness (QED) is 0.812. The second-order valence-electron chi connectivity index (χ2n) is 9.73. The number of piperazine rings is 1. The van der Waals surface area contributed by atoms with Gasteiger partial charge in [-0.05, 0) is 64.0 Å². The van der Waals surface area contributed by atoms with Crippen LogP contribution in [0.4, 0.5) is 5.95 Å². The maximum atomic E-state index is 4.75. The number of hydrogen-bond donors (Lipinski definition) is 0. The van der Waals surface area contributed by atoms with E-state index in [1.807, 2.05) is 0 Å². The van der Waals surface area contributed by atoms with Crippen LogP contribution in [0.3, 0.4) is 0 Å². The van der Waals surface area contributed by atoms with Gasteiger partial charge in [-0.3, -0.25) is 0 Å². The molecular formula is C21H33N5. The third-order valence-corrected chi connectivity index (χ3v) is 7.47. The summed E-state index contributed by atoms with van der Waals surface area (Å²) in [6.45, 7) is 4.49. The van der Waals surface area contributed by atoms with Gasteiger partial charge < -0.3 is 14.7 Å². The second-order valence-corrected chi connectivity index (χ2v) is 9.73. The van der Waals surface area contributed by atoms with E-state index in [2.05, 4.69) is 41.2 Å². The molecular weight excluding hydrogens is 322 g/mol. The number of nitrogens with zero attached hydrogens (tertiary/aromatic N) is 5. The molecule has 3 heterocycles. The minimum atomic E-state index is 0.602. The van der Waals surface area contributed by atoms with Crippen LogP contribution in [0.1, 0.15) is 50.5 Å². The zero-order chi connectivity index (χ0) is 17.7. The number of likely N-dealkylation sites (N-methyl/N-ethyl adjacent to an activating group) is 1. The molecule has 0 aromatic carbocycles. The van der Waals surface area contributed by atoms with E-state index in [9.17, 15) is 0 Å². The third kappa shape index (κ3) is 3.03. The van der Waals surface area contributed by atoms with Gasteiger partial charge in [0.1, 0.15) is 0 Å². The van der Waals surface area contributed by atoms with Gasteiger partial charge >= 0.3 is 0 Å². The Balaban J connectivity index is 1.15. The highest BCUT2D eigenvalue weighted by atomic mass is 15.4. The van der Waals surface area contributed by atoms with Crippen LogP contribution in [0.5, 0.6) is 0 Å². The van der Waals surface area contributed by atoms with Crippen LogP contribution in [0.2, 0.25) is 0 Å². The molecule has 0 N–H and O–H groups in total. The number of anilines is 1. The first kappa shape index (κ1) is 16.9. The molecule has 4 aliphatic rings. The summed E-state index contributed by atoms with van der Waals surface area (Å²) >= 11 is 0. The van der Waals surface area contributed by atoms with Crippen LogP contribution < -0.4 is 4.90 Å². The Morgan fingerprint density at radius 2 is 1.77 bits per heavy atom. The zero-order valence-corrected chi connectivity index (χ0v) is 16.4. The van der Waals surface area contributed by atoms with Crippen molar-refractivity contribution in [1.82, 2.24) is 19.8 Å². The minimum Gasteiger partial charge on any atom is -0.332 e. The average Bonchev–Trinajstić information content (AvgIpc) is 2.81. The van der Waals surface area contributed by atoms with Gasteiger partial charge in [0.15, 0.2) is 0 Å². The van der Waals surface area contributed by atoms with Crippen LogP contribution in [-0.4, -0.2) is 65.6 Å². The lowest BCUT2D eigenvalue weighted by atomic mass is 9.52. The molecule has 2 bridgehead atoms. The lowest BCUT2D eigenvalue weighted by molar-refractivity contribution is -0.0358. The topological polar surface area (TPSA) is 35.5 Å². The van der Waals surface area contributed by atoms with E-state index in [1.54, 1.807) is 0 Å². The molecule has 5 rings (SSSR count). The van der Waals surface area contributed by atoms with Gasteiger partial charge in [-0.25, -0.2) is 9.97 Å². The lowest BCUT2D eigenvalue weighted by Crippen LogP contribution is -2.53. The highest BCUT2D eigenvalue weighted by molar-refractivity contribution is 5.37. The molecule has 2 saturated carbocycles. The normalized spacial score (nSPS) is 30.7. The highest BCUT2D eigenvalue weighted by Crippen LogP contribution is 2.58. The zero-order valence-electron chi connectivity index (χ0n) is 16.4. The van der Waals surface area contributed by atoms with Crippen molar-refractivity contribution < 1.29 is 0 Å². The molecule has 1 aromatic rings. The summed E-state index contributed by atoms with van der Waals surface area (Å²) in [6.07, 6.45) is 14.1. The van der Waals surface area contributed by atoms with E-state index in [4.69, 9.17) is 9.97 Å². The predicted octanol–water partition coefficient (Wildman–Crippen LogP) is 2.77. The fourth-order valence-corrected chi connectivity index (χ4v) is 6.20. The van der Waals surface area contributed by atoms with Crippen molar-refractivity contribution in [3.8, 4) is 0 Å². The molecule has 2 saturated heterocycles. The maximum Gasteiger partial charge on any atom is 0.225 e.